The van der Waals surface area contributed by atoms with Gasteiger partial charge >= 0.3 is 0 Å². The number of nitrogens with zero attached hydrogens (tertiary/aromatic N) is 1. The van der Waals surface area contributed by atoms with Gasteiger partial charge in [-0.1, -0.05) is 20.8 Å². The second kappa shape index (κ2) is 8.88. The second-order valence-electron chi connectivity index (χ2n) is 5.53. The normalized spacial score (nSPS) is 11.7. The number of amides is 1. The van der Waals surface area contributed by atoms with Crippen molar-refractivity contribution in [2.45, 2.75) is 32.6 Å². The van der Waals surface area contributed by atoms with Crippen LogP contribution in [0.1, 0.15) is 27.7 Å². The van der Waals surface area contributed by atoms with Gasteiger partial charge in [-0.3, -0.25) is 4.79 Å². The van der Waals surface area contributed by atoms with E-state index in [9.17, 15) is 13.2 Å². The molecular formula is C16H26N2O4S. The van der Waals surface area contributed by atoms with Crippen LogP contribution in [-0.2, 0) is 14.8 Å². The van der Waals surface area contributed by atoms with Gasteiger partial charge in [0.05, 0.1) is 18.0 Å². The Balaban J connectivity index is 2.83. The maximum absolute atomic E-state index is 12.6. The molecule has 1 aromatic rings. The van der Waals surface area contributed by atoms with Gasteiger partial charge in [-0.2, -0.15) is 4.31 Å². The summed E-state index contributed by atoms with van der Waals surface area (Å²) in [4.78, 5) is 12.0. The van der Waals surface area contributed by atoms with Gasteiger partial charge < -0.3 is 10.1 Å². The van der Waals surface area contributed by atoms with Crippen molar-refractivity contribution in [3.63, 3.8) is 0 Å². The highest BCUT2D eigenvalue weighted by Crippen LogP contribution is 2.19. The first-order valence-corrected chi connectivity index (χ1v) is 9.25. The summed E-state index contributed by atoms with van der Waals surface area (Å²) < 4.78 is 31.7. The van der Waals surface area contributed by atoms with Crippen LogP contribution in [0.5, 0.6) is 5.75 Å². The Labute approximate surface area is 138 Å². The van der Waals surface area contributed by atoms with Crippen LogP contribution in [0, 0.1) is 5.92 Å². The predicted octanol–water partition coefficient (Wildman–Crippen LogP) is 1.87. The summed E-state index contributed by atoms with van der Waals surface area (Å²) in [5.41, 5.74) is 0. The van der Waals surface area contributed by atoms with Gasteiger partial charge in [0.25, 0.3) is 0 Å². The van der Waals surface area contributed by atoms with Crippen LogP contribution in [0.3, 0.4) is 0 Å². The molecule has 0 saturated heterocycles. The molecule has 0 saturated carbocycles. The van der Waals surface area contributed by atoms with E-state index in [1.807, 2.05) is 20.8 Å². The number of ether oxygens (including phenoxy) is 1. The first kappa shape index (κ1) is 19.4. The van der Waals surface area contributed by atoms with Crippen molar-refractivity contribution < 1.29 is 17.9 Å². The summed E-state index contributed by atoms with van der Waals surface area (Å²) in [6.07, 6.45) is 0. The standard InChI is InChI=1S/C16H26N2O4S/c1-5-18(12-16(19)17-11-13(3)4)23(20,21)15-9-7-14(8-10-15)22-6-2/h7-10,13H,5-6,11-12H2,1-4H3,(H,17,19). The zero-order valence-corrected chi connectivity index (χ0v) is 15.0. The van der Waals surface area contributed by atoms with E-state index in [0.717, 1.165) is 0 Å². The van der Waals surface area contributed by atoms with Crippen molar-refractivity contribution in [1.29, 1.82) is 0 Å². The molecule has 0 aliphatic heterocycles. The third-order valence-electron chi connectivity index (χ3n) is 3.15. The van der Waals surface area contributed by atoms with Crippen LogP contribution in [0.2, 0.25) is 0 Å². The molecule has 1 aromatic carbocycles. The van der Waals surface area contributed by atoms with E-state index in [2.05, 4.69) is 5.32 Å². The summed E-state index contributed by atoms with van der Waals surface area (Å²) in [6.45, 7) is 8.62. The van der Waals surface area contributed by atoms with Crippen LogP contribution >= 0.6 is 0 Å². The molecule has 23 heavy (non-hydrogen) atoms. The molecule has 0 aromatic heterocycles. The lowest BCUT2D eigenvalue weighted by atomic mass is 10.2. The average molecular weight is 342 g/mol. The average Bonchev–Trinajstić information content (AvgIpc) is 2.51. The molecule has 0 bridgehead atoms. The lowest BCUT2D eigenvalue weighted by Crippen LogP contribution is -2.41. The van der Waals surface area contributed by atoms with E-state index in [1.54, 1.807) is 19.1 Å². The summed E-state index contributed by atoms with van der Waals surface area (Å²) in [6, 6.07) is 6.22. The van der Waals surface area contributed by atoms with E-state index in [0.29, 0.717) is 24.8 Å². The van der Waals surface area contributed by atoms with Crippen molar-refractivity contribution in [3.05, 3.63) is 24.3 Å². The van der Waals surface area contributed by atoms with Gasteiger partial charge in [-0.25, -0.2) is 8.42 Å². The van der Waals surface area contributed by atoms with Crippen molar-refractivity contribution in [2.24, 2.45) is 5.92 Å². The molecular weight excluding hydrogens is 316 g/mol. The Bertz CT molecular complexity index is 597. The Morgan fingerprint density at radius 2 is 1.83 bits per heavy atom. The highest BCUT2D eigenvalue weighted by molar-refractivity contribution is 7.89. The lowest BCUT2D eigenvalue weighted by molar-refractivity contribution is -0.121. The number of rotatable bonds is 9. The van der Waals surface area contributed by atoms with Gasteiger partial charge in [0.15, 0.2) is 0 Å². The quantitative estimate of drug-likeness (QED) is 0.743. The zero-order chi connectivity index (χ0) is 17.5. The maximum atomic E-state index is 12.6. The van der Waals surface area contributed by atoms with Crippen LogP contribution in [0.25, 0.3) is 0 Å². The molecule has 1 rings (SSSR count). The molecule has 1 N–H and O–H groups in total. The second-order valence-corrected chi connectivity index (χ2v) is 7.47. The van der Waals surface area contributed by atoms with Crippen LogP contribution in [-0.4, -0.2) is 44.9 Å². The number of hydrogen-bond acceptors (Lipinski definition) is 4. The van der Waals surface area contributed by atoms with Crippen LogP contribution < -0.4 is 10.1 Å². The van der Waals surface area contributed by atoms with Crippen molar-refractivity contribution in [1.82, 2.24) is 9.62 Å². The molecule has 0 aliphatic rings. The minimum absolute atomic E-state index is 0.152. The van der Waals surface area contributed by atoms with Crippen molar-refractivity contribution in [2.75, 3.05) is 26.2 Å². The molecule has 6 nitrogen and oxygen atoms in total. The first-order valence-electron chi connectivity index (χ1n) is 7.81. The molecule has 0 aliphatic carbocycles. The summed E-state index contributed by atoms with van der Waals surface area (Å²) in [5, 5.41) is 2.73. The molecule has 0 heterocycles. The summed E-state index contributed by atoms with van der Waals surface area (Å²) in [7, 11) is -3.70. The first-order chi connectivity index (χ1) is 10.8. The summed E-state index contributed by atoms with van der Waals surface area (Å²) >= 11 is 0. The minimum atomic E-state index is -3.70. The van der Waals surface area contributed by atoms with E-state index >= 15 is 0 Å². The molecule has 0 fully saturated rings. The van der Waals surface area contributed by atoms with Crippen molar-refractivity contribution >= 4 is 15.9 Å². The maximum Gasteiger partial charge on any atom is 0.243 e. The Hall–Kier alpha value is -1.60. The largest absolute Gasteiger partial charge is 0.494 e. The highest BCUT2D eigenvalue weighted by atomic mass is 32.2. The third-order valence-corrected chi connectivity index (χ3v) is 5.09. The Morgan fingerprint density at radius 3 is 2.30 bits per heavy atom. The Kier molecular flexibility index (Phi) is 7.51. The van der Waals surface area contributed by atoms with Gasteiger partial charge in [-0.15, -0.1) is 0 Å². The van der Waals surface area contributed by atoms with E-state index in [1.165, 1.54) is 16.4 Å². The zero-order valence-electron chi connectivity index (χ0n) is 14.2. The topological polar surface area (TPSA) is 75.7 Å². The van der Waals surface area contributed by atoms with E-state index in [-0.39, 0.29) is 23.9 Å². The summed E-state index contributed by atoms with van der Waals surface area (Å²) in [5.74, 6) is 0.635. The number of benzene rings is 1. The Morgan fingerprint density at radius 1 is 1.22 bits per heavy atom. The molecule has 0 unspecified atom stereocenters. The van der Waals surface area contributed by atoms with Crippen LogP contribution in [0.4, 0.5) is 0 Å². The molecule has 0 radical (unpaired) electrons. The monoisotopic (exact) mass is 342 g/mol. The molecule has 0 spiro atoms. The predicted molar refractivity (Wildman–Crippen MR) is 89.9 cm³/mol. The highest BCUT2D eigenvalue weighted by Gasteiger charge is 2.25. The van der Waals surface area contributed by atoms with Gasteiger partial charge in [-0.05, 0) is 37.1 Å². The third kappa shape index (κ3) is 5.84. The lowest BCUT2D eigenvalue weighted by Gasteiger charge is -2.20. The van der Waals surface area contributed by atoms with Gasteiger partial charge in [0.1, 0.15) is 5.75 Å². The molecule has 130 valence electrons. The fourth-order valence-corrected chi connectivity index (χ4v) is 3.33. The smallest absolute Gasteiger partial charge is 0.243 e. The van der Waals surface area contributed by atoms with Crippen LogP contribution in [0.15, 0.2) is 29.2 Å². The molecule has 7 heteroatoms. The van der Waals surface area contributed by atoms with Gasteiger partial charge in [0, 0.05) is 13.1 Å². The van der Waals surface area contributed by atoms with Gasteiger partial charge in [0.2, 0.25) is 15.9 Å². The molecule has 1 amide bonds. The number of likely N-dealkylation sites (N-methyl/N-ethyl adjacent to an activating group) is 1. The fourth-order valence-electron chi connectivity index (χ4n) is 1.92. The number of carbonyl (C=O) groups is 1. The fraction of sp³-hybridized carbons (Fsp3) is 0.562. The number of carbonyl (C=O) groups excluding carboxylic acids is 1. The van der Waals surface area contributed by atoms with E-state index in [4.69, 9.17) is 4.74 Å². The SMILES string of the molecule is CCOc1ccc(S(=O)(=O)N(CC)CC(=O)NCC(C)C)cc1. The number of sulfonamides is 1. The van der Waals surface area contributed by atoms with Crippen molar-refractivity contribution in [3.8, 4) is 5.75 Å². The number of nitrogens with one attached hydrogen (secondary N) is 1. The number of hydrogen-bond donors (Lipinski definition) is 1. The minimum Gasteiger partial charge on any atom is -0.494 e. The van der Waals surface area contributed by atoms with E-state index < -0.39 is 10.0 Å². The molecule has 0 atom stereocenters.